The number of halogens is 3. The fourth-order valence-electron chi connectivity index (χ4n) is 4.39. The summed E-state index contributed by atoms with van der Waals surface area (Å²) in [5.74, 6) is -4.47. The first-order valence-corrected chi connectivity index (χ1v) is 9.93. The smallest absolute Gasteiger partial charge is 0.335 e. The lowest BCUT2D eigenvalue weighted by Gasteiger charge is -2.31. The molecule has 28 heavy (non-hydrogen) atoms. The SMILES string of the molecule is CCCCC1CCC(c2c(C(=O)O)cccc2-c2cc(F)c(F)c(F)c2)CC1. The van der Waals surface area contributed by atoms with Gasteiger partial charge in [-0.3, -0.25) is 0 Å². The van der Waals surface area contributed by atoms with E-state index in [1.54, 1.807) is 12.1 Å². The van der Waals surface area contributed by atoms with Crippen LogP contribution in [0.1, 0.15) is 73.7 Å². The standard InChI is InChI=1S/C23H25F3O2/c1-2-3-5-14-8-10-15(11-9-14)21-17(6-4-7-18(21)23(27)28)16-12-19(24)22(26)20(25)13-16/h4,6-7,12-15H,2-3,5,8-11H2,1H3,(H,27,28). The number of unbranched alkanes of at least 4 members (excludes halogenated alkanes) is 1. The van der Waals surface area contributed by atoms with Crippen LogP contribution in [0.2, 0.25) is 0 Å². The molecule has 1 aliphatic rings. The van der Waals surface area contributed by atoms with Crippen molar-refractivity contribution >= 4 is 5.97 Å². The Bertz CT molecular complexity index is 832. The van der Waals surface area contributed by atoms with Crippen molar-refractivity contribution in [1.82, 2.24) is 0 Å². The maximum atomic E-state index is 13.8. The number of hydrogen-bond acceptors (Lipinski definition) is 1. The highest BCUT2D eigenvalue weighted by Gasteiger charge is 2.28. The molecule has 0 aliphatic heterocycles. The quantitative estimate of drug-likeness (QED) is 0.543. The minimum atomic E-state index is -1.52. The van der Waals surface area contributed by atoms with E-state index in [0.29, 0.717) is 17.0 Å². The van der Waals surface area contributed by atoms with Gasteiger partial charge in [0.25, 0.3) is 0 Å². The molecule has 150 valence electrons. The molecule has 0 unspecified atom stereocenters. The van der Waals surface area contributed by atoms with Crippen LogP contribution >= 0.6 is 0 Å². The van der Waals surface area contributed by atoms with Gasteiger partial charge >= 0.3 is 5.97 Å². The van der Waals surface area contributed by atoms with Crippen LogP contribution in [0, 0.1) is 23.4 Å². The molecule has 0 heterocycles. The summed E-state index contributed by atoms with van der Waals surface area (Å²) in [5, 5.41) is 9.68. The van der Waals surface area contributed by atoms with Gasteiger partial charge in [0.1, 0.15) is 0 Å². The van der Waals surface area contributed by atoms with Gasteiger partial charge in [-0.15, -0.1) is 0 Å². The molecule has 2 aromatic rings. The first-order chi connectivity index (χ1) is 13.4. The lowest BCUT2D eigenvalue weighted by molar-refractivity contribution is 0.0694. The summed E-state index contributed by atoms with van der Waals surface area (Å²) in [4.78, 5) is 11.8. The summed E-state index contributed by atoms with van der Waals surface area (Å²) in [6.07, 6.45) is 7.27. The van der Waals surface area contributed by atoms with Gasteiger partial charge in [-0.2, -0.15) is 0 Å². The van der Waals surface area contributed by atoms with Crippen molar-refractivity contribution in [3.8, 4) is 11.1 Å². The van der Waals surface area contributed by atoms with E-state index in [1.165, 1.54) is 18.9 Å². The van der Waals surface area contributed by atoms with E-state index < -0.39 is 23.4 Å². The topological polar surface area (TPSA) is 37.3 Å². The van der Waals surface area contributed by atoms with E-state index in [-0.39, 0.29) is 17.0 Å². The van der Waals surface area contributed by atoms with Crippen LogP contribution < -0.4 is 0 Å². The Labute approximate surface area is 163 Å². The molecule has 0 bridgehead atoms. The van der Waals surface area contributed by atoms with Gasteiger partial charge in [0, 0.05) is 0 Å². The van der Waals surface area contributed by atoms with E-state index in [0.717, 1.165) is 44.2 Å². The molecular weight excluding hydrogens is 365 g/mol. The monoisotopic (exact) mass is 390 g/mol. The van der Waals surface area contributed by atoms with Crippen LogP contribution in [-0.4, -0.2) is 11.1 Å². The van der Waals surface area contributed by atoms with Crippen LogP contribution in [-0.2, 0) is 0 Å². The summed E-state index contributed by atoms with van der Waals surface area (Å²) < 4.78 is 41.0. The predicted molar refractivity (Wildman–Crippen MR) is 103 cm³/mol. The number of rotatable bonds is 6. The molecule has 0 spiro atoms. The van der Waals surface area contributed by atoms with Crippen molar-refractivity contribution in [3.05, 3.63) is 58.9 Å². The third-order valence-corrected chi connectivity index (χ3v) is 5.85. The fourth-order valence-corrected chi connectivity index (χ4v) is 4.39. The number of hydrogen-bond donors (Lipinski definition) is 1. The third kappa shape index (κ3) is 4.23. The maximum absolute atomic E-state index is 13.8. The highest BCUT2D eigenvalue weighted by Crippen LogP contribution is 2.43. The minimum Gasteiger partial charge on any atom is -0.478 e. The van der Waals surface area contributed by atoms with Crippen molar-refractivity contribution in [3.63, 3.8) is 0 Å². The Morgan fingerprint density at radius 2 is 1.71 bits per heavy atom. The van der Waals surface area contributed by atoms with Gasteiger partial charge in [0.2, 0.25) is 0 Å². The lowest BCUT2D eigenvalue weighted by Crippen LogP contribution is -2.17. The Kier molecular flexibility index (Phi) is 6.42. The molecule has 1 aliphatic carbocycles. The Morgan fingerprint density at radius 1 is 1.07 bits per heavy atom. The zero-order valence-electron chi connectivity index (χ0n) is 16.0. The van der Waals surface area contributed by atoms with Crippen LogP contribution in [0.15, 0.2) is 30.3 Å². The number of benzene rings is 2. The van der Waals surface area contributed by atoms with Crippen molar-refractivity contribution in [2.75, 3.05) is 0 Å². The molecule has 2 nitrogen and oxygen atoms in total. The molecule has 0 radical (unpaired) electrons. The van der Waals surface area contributed by atoms with Crippen molar-refractivity contribution in [2.24, 2.45) is 5.92 Å². The van der Waals surface area contributed by atoms with Crippen molar-refractivity contribution < 1.29 is 23.1 Å². The molecule has 5 heteroatoms. The summed E-state index contributed by atoms with van der Waals surface area (Å²) in [7, 11) is 0. The second-order valence-electron chi connectivity index (χ2n) is 7.69. The molecule has 0 saturated heterocycles. The van der Waals surface area contributed by atoms with Crippen molar-refractivity contribution in [2.45, 2.75) is 57.8 Å². The molecule has 1 fully saturated rings. The Hall–Kier alpha value is -2.30. The van der Waals surface area contributed by atoms with Gasteiger partial charge in [-0.25, -0.2) is 18.0 Å². The van der Waals surface area contributed by atoms with Crippen LogP contribution in [0.5, 0.6) is 0 Å². The second-order valence-corrected chi connectivity index (χ2v) is 7.69. The zero-order chi connectivity index (χ0) is 20.3. The average molecular weight is 390 g/mol. The minimum absolute atomic E-state index is 0.0105. The number of carboxylic acids is 1. The zero-order valence-corrected chi connectivity index (χ0v) is 16.0. The molecule has 1 saturated carbocycles. The number of aromatic carboxylic acids is 1. The van der Waals surface area contributed by atoms with Gasteiger partial charge in [-0.05, 0) is 72.4 Å². The Balaban J connectivity index is 2.00. The van der Waals surface area contributed by atoms with E-state index in [1.807, 2.05) is 0 Å². The second kappa shape index (κ2) is 8.80. The summed E-state index contributed by atoms with van der Waals surface area (Å²) >= 11 is 0. The van der Waals surface area contributed by atoms with E-state index >= 15 is 0 Å². The lowest BCUT2D eigenvalue weighted by atomic mass is 9.74. The molecule has 2 aromatic carbocycles. The highest BCUT2D eigenvalue weighted by atomic mass is 19.2. The maximum Gasteiger partial charge on any atom is 0.335 e. The van der Waals surface area contributed by atoms with Crippen molar-refractivity contribution in [1.29, 1.82) is 0 Å². The molecule has 0 atom stereocenters. The molecule has 0 amide bonds. The third-order valence-electron chi connectivity index (χ3n) is 5.85. The Morgan fingerprint density at radius 3 is 2.29 bits per heavy atom. The normalized spacial score (nSPS) is 19.6. The summed E-state index contributed by atoms with van der Waals surface area (Å²) in [6.45, 7) is 2.17. The van der Waals surface area contributed by atoms with E-state index in [4.69, 9.17) is 0 Å². The van der Waals surface area contributed by atoms with Crippen LogP contribution in [0.3, 0.4) is 0 Å². The van der Waals surface area contributed by atoms with Crippen LogP contribution in [0.25, 0.3) is 11.1 Å². The largest absolute Gasteiger partial charge is 0.478 e. The predicted octanol–water partition coefficient (Wildman–Crippen LogP) is 6.93. The number of carboxylic acid groups (broad SMARTS) is 1. The molecular formula is C23H25F3O2. The first kappa shape index (κ1) is 20.4. The summed E-state index contributed by atoms with van der Waals surface area (Å²) in [5.41, 5.74) is 1.39. The van der Waals surface area contributed by atoms with Gasteiger partial charge < -0.3 is 5.11 Å². The molecule has 0 aromatic heterocycles. The van der Waals surface area contributed by atoms with E-state index in [9.17, 15) is 23.1 Å². The van der Waals surface area contributed by atoms with Gasteiger partial charge in [-0.1, -0.05) is 38.3 Å². The number of carbonyl (C=O) groups is 1. The molecule has 1 N–H and O–H groups in total. The van der Waals surface area contributed by atoms with Gasteiger partial charge in [0.05, 0.1) is 5.56 Å². The molecule has 3 rings (SSSR count). The first-order valence-electron chi connectivity index (χ1n) is 9.93. The fraction of sp³-hybridized carbons (Fsp3) is 0.435. The average Bonchev–Trinajstić information content (AvgIpc) is 2.70. The van der Waals surface area contributed by atoms with Crippen LogP contribution in [0.4, 0.5) is 13.2 Å². The van der Waals surface area contributed by atoms with Gasteiger partial charge in [0.15, 0.2) is 17.5 Å². The summed E-state index contributed by atoms with van der Waals surface area (Å²) in [6, 6.07) is 6.64. The van der Waals surface area contributed by atoms with E-state index in [2.05, 4.69) is 6.92 Å². The highest BCUT2D eigenvalue weighted by molar-refractivity contribution is 5.92.